The van der Waals surface area contributed by atoms with E-state index in [0.29, 0.717) is 6.42 Å². The molecule has 4 unspecified atom stereocenters. The Hall–Kier alpha value is -5.14. The molecule has 1 fully saturated rings. The lowest BCUT2D eigenvalue weighted by Crippen LogP contribution is -2.47. The first-order valence-corrected chi connectivity index (χ1v) is 21.3. The van der Waals surface area contributed by atoms with Crippen LogP contribution in [0.1, 0.15) is 52.2 Å². The zero-order chi connectivity index (χ0) is 39.6. The average Bonchev–Trinajstić information content (AvgIpc) is 3.25. The number of rotatable bonds is 15. The van der Waals surface area contributed by atoms with Gasteiger partial charge in [0.25, 0.3) is 0 Å². The Bertz CT molecular complexity index is 2330. The number of hydrogen-bond donors (Lipinski definition) is 3. The van der Waals surface area contributed by atoms with E-state index in [4.69, 9.17) is 9.47 Å². The molecular weight excluding hydrogens is 755 g/mol. The monoisotopic (exact) mass is 799 g/mol. The predicted octanol–water partition coefficient (Wildman–Crippen LogP) is 8.09. The van der Waals surface area contributed by atoms with Gasteiger partial charge >= 0.3 is 0 Å². The number of aliphatic hydroxyl groups is 1. The van der Waals surface area contributed by atoms with Gasteiger partial charge in [0.05, 0.1) is 28.7 Å². The number of hydrogen-bond acceptors (Lipinski definition) is 8. The van der Waals surface area contributed by atoms with Crippen LogP contribution >= 0.6 is 11.8 Å². The molecule has 1 saturated heterocycles. The fourth-order valence-corrected chi connectivity index (χ4v) is 8.73. The minimum Gasteiger partial charge on any atom is -0.392 e. The van der Waals surface area contributed by atoms with Crippen LogP contribution in [-0.4, -0.2) is 42.3 Å². The molecule has 1 aromatic heterocycles. The molecule has 6 aromatic rings. The van der Waals surface area contributed by atoms with Crippen molar-refractivity contribution in [3.8, 4) is 11.1 Å². The number of thioether (sulfide) groups is 1. The number of nitrogens with one attached hydrogen (secondary N) is 2. The zero-order valence-electron chi connectivity index (χ0n) is 31.5. The van der Waals surface area contributed by atoms with Gasteiger partial charge in [-0.15, -0.1) is 11.8 Å². The molecule has 5 aromatic carbocycles. The van der Waals surface area contributed by atoms with Gasteiger partial charge in [0.2, 0.25) is 15.9 Å². The number of amides is 1. The van der Waals surface area contributed by atoms with Crippen LogP contribution in [0.2, 0.25) is 0 Å². The molecule has 3 N–H and O–H groups in total. The fourth-order valence-electron chi connectivity index (χ4n) is 6.65. The summed E-state index contributed by atoms with van der Waals surface area (Å²) >= 11 is 1.66. The van der Waals surface area contributed by atoms with Crippen LogP contribution in [0, 0.1) is 6.92 Å². The summed E-state index contributed by atoms with van der Waals surface area (Å²) in [6, 6.07) is 44.6. The van der Waals surface area contributed by atoms with Gasteiger partial charge in [-0.05, 0) is 77.1 Å². The molecule has 0 bridgehead atoms. The molecule has 1 aliphatic heterocycles. The maximum Gasteiger partial charge on any atom is 0.241 e. The quantitative estimate of drug-likeness (QED) is 0.0891. The van der Waals surface area contributed by atoms with Crippen LogP contribution in [-0.2, 0) is 43.9 Å². The Morgan fingerprint density at radius 1 is 0.789 bits per heavy atom. The minimum atomic E-state index is -3.96. The van der Waals surface area contributed by atoms with E-state index in [0.717, 1.165) is 55.3 Å². The Morgan fingerprint density at radius 2 is 1.51 bits per heavy atom. The minimum absolute atomic E-state index is 0.0150. The number of nitrogens with zero attached hydrogens (tertiary/aromatic N) is 1. The van der Waals surface area contributed by atoms with Crippen LogP contribution in [0.5, 0.6) is 0 Å². The number of carbonyl (C=O) groups excluding carboxylic acids is 1. The van der Waals surface area contributed by atoms with Crippen LogP contribution < -0.4 is 10.0 Å². The zero-order valence-corrected chi connectivity index (χ0v) is 33.2. The second-order valence-electron chi connectivity index (χ2n) is 14.0. The van der Waals surface area contributed by atoms with Crippen molar-refractivity contribution in [1.82, 2.24) is 15.0 Å². The molecule has 0 radical (unpaired) electrons. The van der Waals surface area contributed by atoms with E-state index in [1.54, 1.807) is 42.2 Å². The van der Waals surface area contributed by atoms with E-state index in [2.05, 4.69) is 15.0 Å². The first-order chi connectivity index (χ1) is 27.7. The highest BCUT2D eigenvalue weighted by Crippen LogP contribution is 2.40. The smallest absolute Gasteiger partial charge is 0.241 e. The number of aliphatic hydroxyl groups excluding tert-OH is 1. The normalized spacial score (nSPS) is 17.5. The average molecular weight is 800 g/mol. The molecule has 0 aliphatic carbocycles. The number of aryl methyl sites for hydroxylation is 1. The van der Waals surface area contributed by atoms with Crippen molar-refractivity contribution in [2.45, 2.75) is 67.4 Å². The van der Waals surface area contributed by atoms with Crippen LogP contribution in [0.25, 0.3) is 11.1 Å². The first-order valence-electron chi connectivity index (χ1n) is 18.9. The summed E-state index contributed by atoms with van der Waals surface area (Å²) in [5, 5.41) is 13.5. The van der Waals surface area contributed by atoms with Crippen molar-refractivity contribution in [2.24, 2.45) is 0 Å². The fraction of sp³-hybridized carbons (Fsp3) is 0.217. The standard InChI is InChI=1S/C46H45N3O6S2/c1-32-13-23-41(24-14-32)57(52,53)49-42(27-33-8-3-2-4-9-33)45(51)48-29-35-10-7-11-39(26-35)36-19-21-38(22-20-36)46-54-40(31-56-44-12-5-6-25-47-44)28-43(55-46)37-17-15-34(30-50)16-18-37/h2-26,40,42-43,46,49-50H,27-31H2,1H3,(H,48,51). The third-order valence-electron chi connectivity index (χ3n) is 9.81. The Balaban J connectivity index is 1.03. The van der Waals surface area contributed by atoms with E-state index in [-0.39, 0.29) is 36.7 Å². The van der Waals surface area contributed by atoms with Crippen molar-refractivity contribution in [3.63, 3.8) is 0 Å². The van der Waals surface area contributed by atoms with Crippen LogP contribution in [0.15, 0.2) is 162 Å². The van der Waals surface area contributed by atoms with Gasteiger partial charge in [0.1, 0.15) is 6.04 Å². The molecule has 11 heteroatoms. The largest absolute Gasteiger partial charge is 0.392 e. The Labute approximate surface area is 338 Å². The van der Waals surface area contributed by atoms with E-state index in [1.807, 2.05) is 128 Å². The molecule has 1 amide bonds. The van der Waals surface area contributed by atoms with E-state index in [1.165, 1.54) is 0 Å². The lowest BCUT2D eigenvalue weighted by atomic mass is 9.99. The molecular formula is C46H45N3O6S2. The summed E-state index contributed by atoms with van der Waals surface area (Å²) in [5.41, 5.74) is 7.36. The molecule has 57 heavy (non-hydrogen) atoms. The third-order valence-corrected chi connectivity index (χ3v) is 12.4. The summed E-state index contributed by atoms with van der Waals surface area (Å²) in [6.45, 7) is 2.09. The molecule has 9 nitrogen and oxygen atoms in total. The Morgan fingerprint density at radius 3 is 2.23 bits per heavy atom. The SMILES string of the molecule is Cc1ccc(S(=O)(=O)NC(Cc2ccccc2)C(=O)NCc2cccc(-c3ccc(C4OC(CSc5ccccn5)CC(c5ccc(CO)cc5)O4)cc3)c2)cc1. The third kappa shape index (κ3) is 10.8. The summed E-state index contributed by atoms with van der Waals surface area (Å²) in [7, 11) is -3.96. The van der Waals surface area contributed by atoms with Gasteiger partial charge in [-0.3, -0.25) is 4.79 Å². The van der Waals surface area contributed by atoms with E-state index < -0.39 is 28.3 Å². The van der Waals surface area contributed by atoms with Crippen molar-refractivity contribution in [1.29, 1.82) is 0 Å². The number of sulfonamides is 1. The summed E-state index contributed by atoms with van der Waals surface area (Å²) in [6.07, 6.45) is 1.80. The van der Waals surface area contributed by atoms with Gasteiger partial charge < -0.3 is 19.9 Å². The molecule has 1 aliphatic rings. The van der Waals surface area contributed by atoms with Crippen LogP contribution in [0.4, 0.5) is 0 Å². The molecule has 0 spiro atoms. The number of ether oxygens (including phenoxy) is 2. The van der Waals surface area contributed by atoms with Gasteiger partial charge in [-0.2, -0.15) is 4.72 Å². The number of aromatic nitrogens is 1. The molecule has 0 saturated carbocycles. The summed E-state index contributed by atoms with van der Waals surface area (Å²) in [5.74, 6) is 0.297. The maximum absolute atomic E-state index is 13.6. The number of benzene rings is 5. The van der Waals surface area contributed by atoms with Gasteiger partial charge in [-0.1, -0.05) is 121 Å². The van der Waals surface area contributed by atoms with Crippen LogP contribution in [0.3, 0.4) is 0 Å². The molecule has 292 valence electrons. The van der Waals surface area contributed by atoms with Gasteiger partial charge in [0, 0.05) is 30.5 Å². The lowest BCUT2D eigenvalue weighted by Gasteiger charge is -2.36. The second kappa shape index (κ2) is 18.9. The summed E-state index contributed by atoms with van der Waals surface area (Å²) < 4.78 is 42.4. The number of carbonyl (C=O) groups is 1. The summed E-state index contributed by atoms with van der Waals surface area (Å²) in [4.78, 5) is 18.2. The molecule has 2 heterocycles. The van der Waals surface area contributed by atoms with Crippen molar-refractivity contribution in [3.05, 3.63) is 185 Å². The van der Waals surface area contributed by atoms with Crippen molar-refractivity contribution < 1.29 is 27.8 Å². The maximum atomic E-state index is 13.6. The van der Waals surface area contributed by atoms with E-state index >= 15 is 0 Å². The second-order valence-corrected chi connectivity index (χ2v) is 16.8. The highest BCUT2D eigenvalue weighted by molar-refractivity contribution is 7.99. The first kappa shape index (κ1) is 40.1. The predicted molar refractivity (Wildman–Crippen MR) is 223 cm³/mol. The molecule has 4 atom stereocenters. The lowest BCUT2D eigenvalue weighted by molar-refractivity contribution is -0.245. The molecule has 7 rings (SSSR count). The highest BCUT2D eigenvalue weighted by atomic mass is 32.2. The number of pyridine rings is 1. The van der Waals surface area contributed by atoms with Gasteiger partial charge in [-0.25, -0.2) is 13.4 Å². The van der Waals surface area contributed by atoms with Crippen molar-refractivity contribution in [2.75, 3.05) is 5.75 Å². The van der Waals surface area contributed by atoms with E-state index in [9.17, 15) is 18.3 Å². The van der Waals surface area contributed by atoms with Gasteiger partial charge in [0.15, 0.2) is 6.29 Å². The van der Waals surface area contributed by atoms with Crippen molar-refractivity contribution >= 4 is 27.7 Å². The Kier molecular flexibility index (Phi) is 13.3. The topological polar surface area (TPSA) is 127 Å². The highest BCUT2D eigenvalue weighted by Gasteiger charge is 2.32.